The molecule has 0 atom stereocenters. The second-order valence-corrected chi connectivity index (χ2v) is 4.76. The normalized spacial score (nSPS) is 10.5. The lowest BCUT2D eigenvalue weighted by atomic mass is 10.1. The molecule has 0 bridgehead atoms. The third kappa shape index (κ3) is 3.88. The molecule has 2 rings (SSSR count). The number of carbonyl (C=O) groups excluding carboxylic acids is 1. The Kier molecular flexibility index (Phi) is 5.20. The van der Waals surface area contributed by atoms with Gasteiger partial charge >= 0.3 is 0 Å². The van der Waals surface area contributed by atoms with E-state index in [2.05, 4.69) is 5.32 Å². The van der Waals surface area contributed by atoms with E-state index in [1.165, 1.54) is 6.08 Å². The number of amides is 1. The lowest BCUT2D eigenvalue weighted by Crippen LogP contribution is -2.07. The van der Waals surface area contributed by atoms with Crippen LogP contribution < -0.4 is 14.8 Å². The Morgan fingerprint density at radius 1 is 1.00 bits per heavy atom. The highest BCUT2D eigenvalue weighted by molar-refractivity contribution is 6.02. The van der Waals surface area contributed by atoms with Crippen LogP contribution in [0, 0.1) is 6.92 Å². The molecule has 114 valence electrons. The minimum atomic E-state index is -0.211. The maximum Gasteiger partial charge on any atom is 0.248 e. The van der Waals surface area contributed by atoms with E-state index < -0.39 is 0 Å². The molecule has 4 heteroatoms. The summed E-state index contributed by atoms with van der Waals surface area (Å²) in [5.41, 5.74) is 2.63. The minimum absolute atomic E-state index is 0.211. The van der Waals surface area contributed by atoms with Crippen LogP contribution in [0.4, 0.5) is 5.69 Å². The van der Waals surface area contributed by atoms with Gasteiger partial charge in [-0.15, -0.1) is 0 Å². The van der Waals surface area contributed by atoms with Gasteiger partial charge < -0.3 is 14.8 Å². The number of benzene rings is 2. The number of nitrogens with one attached hydrogen (secondary N) is 1. The molecule has 0 heterocycles. The van der Waals surface area contributed by atoms with E-state index in [0.717, 1.165) is 16.8 Å². The Morgan fingerprint density at radius 2 is 1.59 bits per heavy atom. The molecule has 2 aromatic rings. The first-order valence-electron chi connectivity index (χ1n) is 6.90. The Bertz CT molecular complexity index is 653. The molecule has 22 heavy (non-hydrogen) atoms. The van der Waals surface area contributed by atoms with Gasteiger partial charge in [0.05, 0.1) is 19.8 Å². The van der Waals surface area contributed by atoms with Crippen molar-refractivity contribution in [3.63, 3.8) is 0 Å². The van der Waals surface area contributed by atoms with Crippen molar-refractivity contribution in [2.45, 2.75) is 6.92 Å². The van der Waals surface area contributed by atoms with Crippen molar-refractivity contribution in [3.05, 3.63) is 59.7 Å². The molecule has 4 nitrogen and oxygen atoms in total. The van der Waals surface area contributed by atoms with Crippen LogP contribution in [0.5, 0.6) is 11.5 Å². The number of methoxy groups -OCH3 is 2. The van der Waals surface area contributed by atoms with Crippen LogP contribution in [0.3, 0.4) is 0 Å². The van der Waals surface area contributed by atoms with Crippen LogP contribution in [0.15, 0.2) is 48.5 Å². The van der Waals surface area contributed by atoms with Crippen molar-refractivity contribution in [3.8, 4) is 11.5 Å². The topological polar surface area (TPSA) is 47.6 Å². The Balaban J connectivity index is 2.14. The van der Waals surface area contributed by atoms with Gasteiger partial charge in [0, 0.05) is 11.8 Å². The Morgan fingerprint density at radius 3 is 2.14 bits per heavy atom. The molecule has 0 aliphatic rings. The smallest absolute Gasteiger partial charge is 0.248 e. The van der Waals surface area contributed by atoms with Gasteiger partial charge in [-0.3, -0.25) is 4.79 Å². The van der Waals surface area contributed by atoms with E-state index in [4.69, 9.17) is 9.47 Å². The minimum Gasteiger partial charge on any atom is -0.496 e. The molecule has 0 saturated carbocycles. The van der Waals surface area contributed by atoms with Gasteiger partial charge in [0.15, 0.2) is 0 Å². The molecule has 0 aliphatic carbocycles. The summed E-state index contributed by atoms with van der Waals surface area (Å²) >= 11 is 0. The number of hydrogen-bond donors (Lipinski definition) is 1. The first-order valence-corrected chi connectivity index (χ1v) is 6.90. The Labute approximate surface area is 130 Å². The van der Waals surface area contributed by atoms with Crippen LogP contribution in [0.1, 0.15) is 11.1 Å². The summed E-state index contributed by atoms with van der Waals surface area (Å²) in [5.74, 6) is 1.09. The molecule has 1 N–H and O–H groups in total. The summed E-state index contributed by atoms with van der Waals surface area (Å²) in [6.07, 6.45) is 3.14. The van der Waals surface area contributed by atoms with Crippen LogP contribution >= 0.6 is 0 Å². The highest BCUT2D eigenvalue weighted by Crippen LogP contribution is 2.29. The van der Waals surface area contributed by atoms with E-state index in [1.807, 2.05) is 49.4 Å². The summed E-state index contributed by atoms with van der Waals surface area (Å²) in [6, 6.07) is 13.1. The molecule has 0 aliphatic heterocycles. The van der Waals surface area contributed by atoms with E-state index in [0.29, 0.717) is 11.5 Å². The van der Waals surface area contributed by atoms with Crippen molar-refractivity contribution < 1.29 is 14.3 Å². The standard InChI is InChI=1S/C18H19NO3/c1-13-7-9-14(10-8-13)19-18(20)12-11-15-16(21-2)5-4-6-17(15)22-3/h4-12H,1-3H3,(H,19,20)/b12-11+. The third-order valence-corrected chi connectivity index (χ3v) is 3.19. The predicted molar refractivity (Wildman–Crippen MR) is 88.4 cm³/mol. The molecule has 1 amide bonds. The van der Waals surface area contributed by atoms with E-state index in [9.17, 15) is 4.79 Å². The highest BCUT2D eigenvalue weighted by Gasteiger charge is 2.07. The second-order valence-electron chi connectivity index (χ2n) is 4.76. The number of rotatable bonds is 5. The fraction of sp³-hybridized carbons (Fsp3) is 0.167. The molecular weight excluding hydrogens is 278 g/mol. The van der Waals surface area contributed by atoms with Crippen LogP contribution in [-0.4, -0.2) is 20.1 Å². The van der Waals surface area contributed by atoms with E-state index in [1.54, 1.807) is 20.3 Å². The van der Waals surface area contributed by atoms with Gasteiger partial charge in [-0.1, -0.05) is 23.8 Å². The van der Waals surface area contributed by atoms with Crippen molar-refractivity contribution in [2.24, 2.45) is 0 Å². The van der Waals surface area contributed by atoms with Gasteiger partial charge in [0.1, 0.15) is 11.5 Å². The van der Waals surface area contributed by atoms with Gasteiger partial charge in [0.2, 0.25) is 5.91 Å². The molecular formula is C18H19NO3. The molecule has 0 fully saturated rings. The SMILES string of the molecule is COc1cccc(OC)c1/C=C/C(=O)Nc1ccc(C)cc1. The summed E-state index contributed by atoms with van der Waals surface area (Å²) in [5, 5.41) is 2.81. The number of anilines is 1. The number of ether oxygens (including phenoxy) is 2. The fourth-order valence-electron chi connectivity index (χ4n) is 2.02. The maximum atomic E-state index is 12.0. The average molecular weight is 297 g/mol. The van der Waals surface area contributed by atoms with Crippen LogP contribution in [-0.2, 0) is 4.79 Å². The summed E-state index contributed by atoms with van der Waals surface area (Å²) in [7, 11) is 3.16. The number of aryl methyl sites for hydroxylation is 1. The fourth-order valence-corrected chi connectivity index (χ4v) is 2.02. The van der Waals surface area contributed by atoms with Crippen molar-refractivity contribution in [1.82, 2.24) is 0 Å². The maximum absolute atomic E-state index is 12.0. The Hall–Kier alpha value is -2.75. The van der Waals surface area contributed by atoms with Crippen molar-refractivity contribution >= 4 is 17.7 Å². The number of carbonyl (C=O) groups is 1. The zero-order valence-corrected chi connectivity index (χ0v) is 12.9. The van der Waals surface area contributed by atoms with Crippen LogP contribution in [0.25, 0.3) is 6.08 Å². The second kappa shape index (κ2) is 7.31. The van der Waals surface area contributed by atoms with Gasteiger partial charge in [-0.25, -0.2) is 0 Å². The van der Waals surface area contributed by atoms with E-state index in [-0.39, 0.29) is 5.91 Å². The predicted octanol–water partition coefficient (Wildman–Crippen LogP) is 3.66. The zero-order valence-electron chi connectivity index (χ0n) is 12.9. The number of hydrogen-bond acceptors (Lipinski definition) is 3. The van der Waals surface area contributed by atoms with E-state index >= 15 is 0 Å². The van der Waals surface area contributed by atoms with Crippen molar-refractivity contribution in [2.75, 3.05) is 19.5 Å². The molecule has 0 saturated heterocycles. The first kappa shape index (κ1) is 15.6. The third-order valence-electron chi connectivity index (χ3n) is 3.19. The lowest BCUT2D eigenvalue weighted by molar-refractivity contribution is -0.111. The van der Waals surface area contributed by atoms with Gasteiger partial charge in [-0.2, -0.15) is 0 Å². The average Bonchev–Trinajstić information content (AvgIpc) is 2.54. The molecule has 0 spiro atoms. The molecule has 0 aromatic heterocycles. The van der Waals surface area contributed by atoms with Crippen molar-refractivity contribution in [1.29, 1.82) is 0 Å². The molecule has 0 unspecified atom stereocenters. The molecule has 2 aromatic carbocycles. The summed E-state index contributed by atoms with van der Waals surface area (Å²) < 4.78 is 10.6. The monoisotopic (exact) mass is 297 g/mol. The zero-order chi connectivity index (χ0) is 15.9. The highest BCUT2D eigenvalue weighted by atomic mass is 16.5. The van der Waals surface area contributed by atoms with Gasteiger partial charge in [-0.05, 0) is 37.3 Å². The quantitative estimate of drug-likeness (QED) is 0.857. The first-order chi connectivity index (χ1) is 10.6. The summed E-state index contributed by atoms with van der Waals surface area (Å²) in [4.78, 5) is 12.0. The van der Waals surface area contributed by atoms with Crippen LogP contribution in [0.2, 0.25) is 0 Å². The van der Waals surface area contributed by atoms with Gasteiger partial charge in [0.25, 0.3) is 0 Å². The molecule has 0 radical (unpaired) electrons. The lowest BCUT2D eigenvalue weighted by Gasteiger charge is -2.09. The summed E-state index contributed by atoms with van der Waals surface area (Å²) in [6.45, 7) is 2.00. The largest absolute Gasteiger partial charge is 0.496 e.